The van der Waals surface area contributed by atoms with Gasteiger partial charge in [-0.1, -0.05) is 35.9 Å². The lowest BCUT2D eigenvalue weighted by Gasteiger charge is -2.07. The lowest BCUT2D eigenvalue weighted by Crippen LogP contribution is -2.37. The molecule has 0 aliphatic heterocycles. The fourth-order valence-electron chi connectivity index (χ4n) is 1.83. The molecule has 0 aromatic heterocycles. The van der Waals surface area contributed by atoms with Gasteiger partial charge in [0.05, 0.1) is 6.54 Å². The lowest BCUT2D eigenvalue weighted by atomic mass is 10.2. The Morgan fingerprint density at radius 3 is 2.52 bits per heavy atom. The number of amides is 2. The van der Waals surface area contributed by atoms with Crippen LogP contribution in [0.5, 0.6) is 0 Å². The first kappa shape index (κ1) is 17.4. The quantitative estimate of drug-likeness (QED) is 0.597. The molecule has 4 nitrogen and oxygen atoms in total. The zero-order valence-electron chi connectivity index (χ0n) is 12.4. The van der Waals surface area contributed by atoms with Crippen molar-refractivity contribution in [1.29, 1.82) is 0 Å². The third kappa shape index (κ3) is 6.34. The van der Waals surface area contributed by atoms with Crippen LogP contribution in [0.15, 0.2) is 59.5 Å². The highest BCUT2D eigenvalue weighted by molar-refractivity contribution is 7.99. The molecule has 0 saturated heterocycles. The van der Waals surface area contributed by atoms with Crippen molar-refractivity contribution in [3.63, 3.8) is 0 Å². The van der Waals surface area contributed by atoms with Crippen LogP contribution < -0.4 is 10.6 Å². The number of benzene rings is 2. The Labute approximate surface area is 144 Å². The first-order valence-corrected chi connectivity index (χ1v) is 8.50. The summed E-state index contributed by atoms with van der Waals surface area (Å²) in [6.07, 6.45) is 0. The van der Waals surface area contributed by atoms with Crippen LogP contribution in [0.1, 0.15) is 10.4 Å². The second-order valence-corrected chi connectivity index (χ2v) is 6.31. The summed E-state index contributed by atoms with van der Waals surface area (Å²) in [7, 11) is 0. The van der Waals surface area contributed by atoms with E-state index >= 15 is 0 Å². The van der Waals surface area contributed by atoms with Gasteiger partial charge >= 0.3 is 0 Å². The maximum atomic E-state index is 11.9. The molecular formula is C17H17ClN2O2S. The van der Waals surface area contributed by atoms with E-state index in [0.29, 0.717) is 17.1 Å². The van der Waals surface area contributed by atoms with Crippen LogP contribution in [0.3, 0.4) is 0 Å². The van der Waals surface area contributed by atoms with Crippen molar-refractivity contribution in [1.82, 2.24) is 10.6 Å². The predicted octanol–water partition coefficient (Wildman–Crippen LogP) is 2.98. The van der Waals surface area contributed by atoms with E-state index in [4.69, 9.17) is 11.6 Å². The number of carbonyl (C=O) groups is 2. The molecule has 0 spiro atoms. The number of hydrogen-bond acceptors (Lipinski definition) is 3. The van der Waals surface area contributed by atoms with Gasteiger partial charge in [-0.05, 0) is 30.3 Å². The van der Waals surface area contributed by atoms with Crippen LogP contribution in [0.25, 0.3) is 0 Å². The van der Waals surface area contributed by atoms with Gasteiger partial charge < -0.3 is 10.6 Å². The second-order valence-electron chi connectivity index (χ2n) is 4.70. The molecule has 0 atom stereocenters. The Balaban J connectivity index is 1.64. The Kier molecular flexibility index (Phi) is 6.97. The fraction of sp³-hybridized carbons (Fsp3) is 0.176. The summed E-state index contributed by atoms with van der Waals surface area (Å²) in [5.41, 5.74) is 0.435. The molecule has 0 fully saturated rings. The van der Waals surface area contributed by atoms with E-state index in [1.807, 2.05) is 30.3 Å². The van der Waals surface area contributed by atoms with Crippen LogP contribution in [0.4, 0.5) is 0 Å². The SMILES string of the molecule is O=C(CNC(=O)c1cccc(Cl)c1)NCCSc1ccccc1. The van der Waals surface area contributed by atoms with E-state index in [0.717, 1.165) is 10.6 Å². The van der Waals surface area contributed by atoms with Crippen molar-refractivity contribution >= 4 is 35.2 Å². The van der Waals surface area contributed by atoms with Crippen LogP contribution in [0, 0.1) is 0 Å². The minimum absolute atomic E-state index is 0.0542. The van der Waals surface area contributed by atoms with Gasteiger partial charge in [0.2, 0.25) is 5.91 Å². The number of halogens is 1. The first-order valence-electron chi connectivity index (χ1n) is 7.13. The molecule has 2 rings (SSSR count). The van der Waals surface area contributed by atoms with E-state index in [9.17, 15) is 9.59 Å². The summed E-state index contributed by atoms with van der Waals surface area (Å²) in [5.74, 6) is 0.244. The Bertz CT molecular complexity index is 665. The molecule has 0 heterocycles. The van der Waals surface area contributed by atoms with Crippen LogP contribution in [0.2, 0.25) is 5.02 Å². The summed E-state index contributed by atoms with van der Waals surface area (Å²) in [4.78, 5) is 24.7. The Hall–Kier alpha value is -1.98. The Morgan fingerprint density at radius 2 is 1.78 bits per heavy atom. The number of rotatable bonds is 7. The van der Waals surface area contributed by atoms with E-state index in [1.54, 1.807) is 36.0 Å². The molecule has 0 saturated carbocycles. The molecule has 120 valence electrons. The molecule has 0 unspecified atom stereocenters. The standard InChI is InChI=1S/C17H17ClN2O2S/c18-14-6-4-5-13(11-14)17(22)20-12-16(21)19-9-10-23-15-7-2-1-3-8-15/h1-8,11H,9-10,12H2,(H,19,21)(H,20,22). The highest BCUT2D eigenvalue weighted by atomic mass is 35.5. The maximum Gasteiger partial charge on any atom is 0.251 e. The van der Waals surface area contributed by atoms with Gasteiger partial charge in [-0.25, -0.2) is 0 Å². The normalized spacial score (nSPS) is 10.1. The number of nitrogens with one attached hydrogen (secondary N) is 2. The fourth-order valence-corrected chi connectivity index (χ4v) is 2.81. The molecule has 0 radical (unpaired) electrons. The molecule has 0 aliphatic rings. The molecule has 2 amide bonds. The third-order valence-electron chi connectivity index (χ3n) is 2.93. The van der Waals surface area contributed by atoms with Gasteiger partial charge in [-0.3, -0.25) is 9.59 Å². The molecule has 0 bridgehead atoms. The van der Waals surface area contributed by atoms with Crippen LogP contribution >= 0.6 is 23.4 Å². The van der Waals surface area contributed by atoms with Gasteiger partial charge in [-0.2, -0.15) is 0 Å². The molecule has 0 aliphatic carbocycles. The monoisotopic (exact) mass is 348 g/mol. The highest BCUT2D eigenvalue weighted by Gasteiger charge is 2.08. The average Bonchev–Trinajstić information content (AvgIpc) is 2.57. The van der Waals surface area contributed by atoms with Crippen molar-refractivity contribution in [2.24, 2.45) is 0 Å². The van der Waals surface area contributed by atoms with Gasteiger partial charge in [0.15, 0.2) is 0 Å². The largest absolute Gasteiger partial charge is 0.354 e. The van der Waals surface area contributed by atoms with E-state index in [1.165, 1.54) is 0 Å². The molecule has 2 N–H and O–H groups in total. The topological polar surface area (TPSA) is 58.2 Å². The van der Waals surface area contributed by atoms with Crippen molar-refractivity contribution in [2.45, 2.75) is 4.90 Å². The van der Waals surface area contributed by atoms with Crippen LogP contribution in [-0.4, -0.2) is 30.7 Å². The minimum atomic E-state index is -0.318. The minimum Gasteiger partial charge on any atom is -0.354 e. The summed E-state index contributed by atoms with van der Waals surface area (Å²) >= 11 is 7.49. The number of carbonyl (C=O) groups excluding carboxylic acids is 2. The van der Waals surface area contributed by atoms with Gasteiger partial charge in [0.1, 0.15) is 0 Å². The van der Waals surface area contributed by atoms with Crippen molar-refractivity contribution in [3.8, 4) is 0 Å². The molecule has 6 heteroatoms. The van der Waals surface area contributed by atoms with Crippen LogP contribution in [-0.2, 0) is 4.79 Å². The predicted molar refractivity (Wildman–Crippen MR) is 94.0 cm³/mol. The lowest BCUT2D eigenvalue weighted by molar-refractivity contribution is -0.120. The van der Waals surface area contributed by atoms with Gasteiger partial charge in [0, 0.05) is 27.8 Å². The first-order chi connectivity index (χ1) is 11.1. The third-order valence-corrected chi connectivity index (χ3v) is 4.18. The maximum absolute atomic E-state index is 11.9. The summed E-state index contributed by atoms with van der Waals surface area (Å²) < 4.78 is 0. The summed E-state index contributed by atoms with van der Waals surface area (Å²) in [5, 5.41) is 5.82. The van der Waals surface area contributed by atoms with E-state index < -0.39 is 0 Å². The second kappa shape index (κ2) is 9.22. The zero-order valence-corrected chi connectivity index (χ0v) is 14.0. The van der Waals surface area contributed by atoms with Crippen molar-refractivity contribution < 1.29 is 9.59 Å². The molecule has 2 aromatic carbocycles. The molecule has 23 heavy (non-hydrogen) atoms. The molecule has 2 aromatic rings. The van der Waals surface area contributed by atoms with E-state index in [2.05, 4.69) is 10.6 Å². The molecular weight excluding hydrogens is 332 g/mol. The zero-order chi connectivity index (χ0) is 16.5. The van der Waals surface area contributed by atoms with Gasteiger partial charge in [0.25, 0.3) is 5.91 Å². The smallest absolute Gasteiger partial charge is 0.251 e. The number of thioether (sulfide) groups is 1. The summed E-state index contributed by atoms with van der Waals surface area (Å²) in [6.45, 7) is 0.493. The van der Waals surface area contributed by atoms with Crippen molar-refractivity contribution in [2.75, 3.05) is 18.8 Å². The van der Waals surface area contributed by atoms with Crippen molar-refractivity contribution in [3.05, 3.63) is 65.2 Å². The highest BCUT2D eigenvalue weighted by Crippen LogP contribution is 2.15. The van der Waals surface area contributed by atoms with Gasteiger partial charge in [-0.15, -0.1) is 11.8 Å². The summed E-state index contributed by atoms with van der Waals surface area (Å²) in [6, 6.07) is 16.6. The Morgan fingerprint density at radius 1 is 1.00 bits per heavy atom. The average molecular weight is 349 g/mol. The van der Waals surface area contributed by atoms with E-state index in [-0.39, 0.29) is 18.4 Å². The number of hydrogen-bond donors (Lipinski definition) is 2.